The average molecular weight is 495 g/mol. The van der Waals surface area contributed by atoms with Crippen LogP contribution in [-0.2, 0) is 25.7 Å². The van der Waals surface area contributed by atoms with Gasteiger partial charge in [-0.2, -0.15) is 0 Å². The molecular formula is C27H34N2O5Si. The Bertz CT molecular complexity index is 1040. The number of ether oxygens (including phenoxy) is 2. The average Bonchev–Trinajstić information content (AvgIpc) is 2.85. The van der Waals surface area contributed by atoms with E-state index in [2.05, 4.69) is 33.0 Å². The van der Waals surface area contributed by atoms with Gasteiger partial charge in [-0.05, 0) is 28.7 Å². The van der Waals surface area contributed by atoms with E-state index < -0.39 is 27.7 Å². The molecule has 2 aromatic carbocycles. The van der Waals surface area contributed by atoms with E-state index in [1.165, 1.54) is 6.08 Å². The molecule has 8 heteroatoms. The Balaban J connectivity index is 1.63. The van der Waals surface area contributed by atoms with Crippen LogP contribution in [-0.4, -0.2) is 50.7 Å². The Morgan fingerprint density at radius 3 is 2.34 bits per heavy atom. The number of rotatable bonds is 11. The maximum atomic E-state index is 13.0. The standard InChI is InChI=1S/C27H34N2O5Si/c1-19(2)27(3,4)35-29-22(15-16-24(31)34-17-20-11-7-5-8-12-20)25(26(29)32)28-23(30)18-33-21-13-9-6-10-14-21/h5-16,19,22,25H,17-18,35H2,1-4H3,(H,28,30)/b16-15-/t22?,25-/m0/s1. The summed E-state index contributed by atoms with van der Waals surface area (Å²) >= 11 is 0. The molecule has 1 fully saturated rings. The van der Waals surface area contributed by atoms with E-state index in [4.69, 9.17) is 9.47 Å². The number of hydrogen-bond donors (Lipinski definition) is 1. The number of carbonyl (C=O) groups excluding carboxylic acids is 3. The van der Waals surface area contributed by atoms with Gasteiger partial charge in [0.1, 0.15) is 28.1 Å². The highest BCUT2D eigenvalue weighted by Gasteiger charge is 2.48. The molecule has 0 bridgehead atoms. The van der Waals surface area contributed by atoms with Crippen LogP contribution < -0.4 is 10.1 Å². The van der Waals surface area contributed by atoms with Crippen LogP contribution in [0.4, 0.5) is 0 Å². The summed E-state index contributed by atoms with van der Waals surface area (Å²) in [6, 6.07) is 17.3. The van der Waals surface area contributed by atoms with Crippen LogP contribution in [0.25, 0.3) is 0 Å². The summed E-state index contributed by atoms with van der Waals surface area (Å²) in [6.07, 6.45) is 3.02. The lowest BCUT2D eigenvalue weighted by molar-refractivity contribution is -0.144. The second kappa shape index (κ2) is 11.8. The first-order valence-electron chi connectivity index (χ1n) is 11.8. The van der Waals surface area contributed by atoms with Crippen molar-refractivity contribution in [3.05, 3.63) is 78.4 Å². The molecule has 0 radical (unpaired) electrons. The molecule has 2 atom stereocenters. The molecule has 0 aliphatic carbocycles. The molecule has 0 saturated carbocycles. The monoisotopic (exact) mass is 494 g/mol. The van der Waals surface area contributed by atoms with E-state index in [1.807, 2.05) is 53.1 Å². The number of nitrogens with zero attached hydrogens (tertiary/aromatic N) is 1. The minimum atomic E-state index is -1.01. The first-order valence-corrected chi connectivity index (χ1v) is 13.2. The number of amides is 2. The molecule has 1 saturated heterocycles. The number of hydrogen-bond acceptors (Lipinski definition) is 5. The Morgan fingerprint density at radius 2 is 1.71 bits per heavy atom. The van der Waals surface area contributed by atoms with Gasteiger partial charge in [-0.25, -0.2) is 4.79 Å². The van der Waals surface area contributed by atoms with Gasteiger partial charge in [0.05, 0.1) is 6.04 Å². The van der Waals surface area contributed by atoms with Crippen LogP contribution in [0.5, 0.6) is 5.75 Å². The van der Waals surface area contributed by atoms with Crippen LogP contribution in [0.2, 0.25) is 5.04 Å². The first kappa shape index (κ1) is 26.2. The zero-order valence-corrected chi connectivity index (χ0v) is 22.2. The lowest BCUT2D eigenvalue weighted by Crippen LogP contribution is -2.72. The third-order valence-electron chi connectivity index (χ3n) is 6.47. The van der Waals surface area contributed by atoms with Gasteiger partial charge in [0, 0.05) is 6.08 Å². The number of para-hydroxylation sites is 1. The highest BCUT2D eigenvalue weighted by Crippen LogP contribution is 2.36. The van der Waals surface area contributed by atoms with Crippen molar-refractivity contribution in [2.24, 2.45) is 5.92 Å². The van der Waals surface area contributed by atoms with Crippen molar-refractivity contribution < 1.29 is 23.9 Å². The van der Waals surface area contributed by atoms with Gasteiger partial charge in [0.25, 0.3) is 5.91 Å². The molecule has 2 aromatic rings. The minimum absolute atomic E-state index is 0.000960. The number of β-lactam (4-membered cyclic amide) rings is 1. The van der Waals surface area contributed by atoms with Gasteiger partial charge in [0.2, 0.25) is 5.91 Å². The quantitative estimate of drug-likeness (QED) is 0.225. The second-order valence-corrected chi connectivity index (χ2v) is 12.5. The number of benzene rings is 2. The second-order valence-electron chi connectivity index (χ2n) is 9.70. The van der Waals surface area contributed by atoms with E-state index in [0.717, 1.165) is 5.56 Å². The minimum Gasteiger partial charge on any atom is -0.484 e. The molecule has 2 amide bonds. The van der Waals surface area contributed by atoms with Crippen molar-refractivity contribution in [2.45, 2.75) is 51.4 Å². The summed E-state index contributed by atoms with van der Waals surface area (Å²) in [5, 5.41) is 2.78. The van der Waals surface area contributed by atoms with Gasteiger partial charge in [-0.15, -0.1) is 0 Å². The molecule has 1 aliphatic heterocycles. The van der Waals surface area contributed by atoms with E-state index in [1.54, 1.807) is 18.2 Å². The summed E-state index contributed by atoms with van der Waals surface area (Å²) in [5.74, 6) is -0.0221. The first-order chi connectivity index (χ1) is 16.7. The molecule has 0 spiro atoms. The molecule has 35 heavy (non-hydrogen) atoms. The lowest BCUT2D eigenvalue weighted by Gasteiger charge is -2.49. The zero-order valence-electron chi connectivity index (χ0n) is 20.8. The molecule has 186 valence electrons. The SMILES string of the molecule is CC(C)C(C)(C)[SiH2]N1C(=O)[C@@H](NC(=O)COc2ccccc2)C1/C=C\C(=O)OCc1ccccc1. The molecule has 1 aliphatic rings. The van der Waals surface area contributed by atoms with Crippen LogP contribution in [0, 0.1) is 5.92 Å². The van der Waals surface area contributed by atoms with Gasteiger partial charge in [-0.1, -0.05) is 82.3 Å². The van der Waals surface area contributed by atoms with Crippen molar-refractivity contribution in [2.75, 3.05) is 6.61 Å². The highest BCUT2D eigenvalue weighted by molar-refractivity contribution is 6.43. The fraction of sp³-hybridized carbons (Fsp3) is 0.370. The summed E-state index contributed by atoms with van der Waals surface area (Å²) in [7, 11) is -1.01. The van der Waals surface area contributed by atoms with Gasteiger partial charge < -0.3 is 19.4 Å². The summed E-state index contributed by atoms with van der Waals surface area (Å²) < 4.78 is 12.7. The predicted molar refractivity (Wildman–Crippen MR) is 137 cm³/mol. The van der Waals surface area contributed by atoms with Crippen LogP contribution in [0.15, 0.2) is 72.8 Å². The Hall–Kier alpha value is -3.39. The molecule has 1 heterocycles. The fourth-order valence-corrected chi connectivity index (χ4v) is 5.71. The normalized spacial score (nSPS) is 18.2. The third-order valence-corrected chi connectivity index (χ3v) is 9.18. The van der Waals surface area contributed by atoms with E-state index in [9.17, 15) is 14.4 Å². The van der Waals surface area contributed by atoms with Crippen LogP contribution in [0.3, 0.4) is 0 Å². The van der Waals surface area contributed by atoms with E-state index >= 15 is 0 Å². The van der Waals surface area contributed by atoms with Gasteiger partial charge >= 0.3 is 5.97 Å². The molecule has 1 unspecified atom stereocenters. The topological polar surface area (TPSA) is 84.9 Å². The van der Waals surface area contributed by atoms with Crippen LogP contribution >= 0.6 is 0 Å². The van der Waals surface area contributed by atoms with Gasteiger partial charge in [-0.3, -0.25) is 9.59 Å². The van der Waals surface area contributed by atoms with E-state index in [0.29, 0.717) is 11.7 Å². The summed E-state index contributed by atoms with van der Waals surface area (Å²) in [4.78, 5) is 37.8. The molecule has 3 rings (SSSR count). The molecule has 7 nitrogen and oxygen atoms in total. The molecule has 1 N–H and O–H groups in total. The molecular weight excluding hydrogens is 460 g/mol. The van der Waals surface area contributed by atoms with Crippen molar-refractivity contribution in [1.29, 1.82) is 0 Å². The maximum absolute atomic E-state index is 13.0. The van der Waals surface area contributed by atoms with Crippen molar-refractivity contribution in [1.82, 2.24) is 9.88 Å². The van der Waals surface area contributed by atoms with Crippen molar-refractivity contribution in [3.8, 4) is 5.75 Å². The molecule has 0 aromatic heterocycles. The largest absolute Gasteiger partial charge is 0.484 e. The smallest absolute Gasteiger partial charge is 0.330 e. The van der Waals surface area contributed by atoms with E-state index in [-0.39, 0.29) is 30.1 Å². The number of esters is 1. The highest BCUT2D eigenvalue weighted by atomic mass is 28.2. The van der Waals surface area contributed by atoms with Crippen LogP contribution in [0.1, 0.15) is 33.3 Å². The van der Waals surface area contributed by atoms with Crippen molar-refractivity contribution in [3.63, 3.8) is 0 Å². The van der Waals surface area contributed by atoms with Gasteiger partial charge in [0.15, 0.2) is 6.61 Å². The Labute approximate surface area is 209 Å². The summed E-state index contributed by atoms with van der Waals surface area (Å²) in [6.45, 7) is 8.57. The number of nitrogens with one attached hydrogen (secondary N) is 1. The zero-order chi connectivity index (χ0) is 25.4. The summed E-state index contributed by atoms with van der Waals surface area (Å²) in [5.41, 5.74) is 0.893. The maximum Gasteiger partial charge on any atom is 0.330 e. The Kier molecular flexibility index (Phi) is 8.87. The fourth-order valence-electron chi connectivity index (χ4n) is 3.57. The lowest BCUT2D eigenvalue weighted by atomic mass is 9.98. The number of carbonyl (C=O) groups is 3. The Morgan fingerprint density at radius 1 is 1.09 bits per heavy atom. The third kappa shape index (κ3) is 7.29. The predicted octanol–water partition coefficient (Wildman–Crippen LogP) is 3.00. The van der Waals surface area contributed by atoms with Crippen molar-refractivity contribution >= 4 is 27.5 Å².